The summed E-state index contributed by atoms with van der Waals surface area (Å²) in [6, 6.07) is 13.9. The van der Waals surface area contributed by atoms with Gasteiger partial charge in [0.25, 0.3) is 5.91 Å². The zero-order valence-corrected chi connectivity index (χ0v) is 15.2. The van der Waals surface area contributed by atoms with Crippen molar-refractivity contribution in [1.29, 1.82) is 0 Å². The van der Waals surface area contributed by atoms with Gasteiger partial charge in [0.1, 0.15) is 0 Å². The van der Waals surface area contributed by atoms with Gasteiger partial charge in [0, 0.05) is 16.8 Å². The first kappa shape index (κ1) is 18.5. The number of hydrogen-bond donors (Lipinski definition) is 1. The van der Waals surface area contributed by atoms with E-state index in [9.17, 15) is 13.2 Å². The maximum absolute atomic E-state index is 12.5. The molecule has 4 nitrogen and oxygen atoms in total. The molecule has 0 aliphatic heterocycles. The number of halogens is 1. The molecule has 0 aromatic heterocycles. The van der Waals surface area contributed by atoms with Crippen LogP contribution in [0, 0.1) is 0 Å². The van der Waals surface area contributed by atoms with Gasteiger partial charge in [-0.2, -0.15) is 0 Å². The monoisotopic (exact) mass is 365 g/mol. The van der Waals surface area contributed by atoms with Gasteiger partial charge in [-0.25, -0.2) is 8.42 Å². The SMILES string of the molecule is CC[C@H](NC(=O)c1cccc(CS(C)(=O)=O)c1)c1ccc(Cl)cc1. The minimum atomic E-state index is -3.14. The lowest BCUT2D eigenvalue weighted by molar-refractivity contribution is 0.0935. The van der Waals surface area contributed by atoms with Crippen LogP contribution < -0.4 is 5.32 Å². The number of sulfone groups is 1. The van der Waals surface area contributed by atoms with Crippen molar-refractivity contribution < 1.29 is 13.2 Å². The van der Waals surface area contributed by atoms with Crippen molar-refractivity contribution in [3.63, 3.8) is 0 Å². The molecular formula is C18H20ClNO3S. The average molecular weight is 366 g/mol. The number of carbonyl (C=O) groups excluding carboxylic acids is 1. The highest BCUT2D eigenvalue weighted by Crippen LogP contribution is 2.20. The van der Waals surface area contributed by atoms with Crippen molar-refractivity contribution in [2.24, 2.45) is 0 Å². The number of carbonyl (C=O) groups is 1. The van der Waals surface area contributed by atoms with Crippen molar-refractivity contribution in [3.05, 3.63) is 70.2 Å². The molecule has 0 unspecified atom stereocenters. The van der Waals surface area contributed by atoms with E-state index in [1.165, 1.54) is 6.26 Å². The summed E-state index contributed by atoms with van der Waals surface area (Å²) >= 11 is 5.89. The van der Waals surface area contributed by atoms with Crippen LogP contribution in [0.4, 0.5) is 0 Å². The van der Waals surface area contributed by atoms with Gasteiger partial charge >= 0.3 is 0 Å². The van der Waals surface area contributed by atoms with Gasteiger partial charge in [-0.15, -0.1) is 0 Å². The van der Waals surface area contributed by atoms with Crippen LogP contribution in [0.2, 0.25) is 5.02 Å². The molecule has 6 heteroatoms. The Morgan fingerprint density at radius 2 is 1.83 bits per heavy atom. The Kier molecular flexibility index (Phi) is 6.02. The van der Waals surface area contributed by atoms with Gasteiger partial charge < -0.3 is 5.32 Å². The van der Waals surface area contributed by atoms with E-state index >= 15 is 0 Å². The molecule has 1 N–H and O–H groups in total. The summed E-state index contributed by atoms with van der Waals surface area (Å²) in [4.78, 5) is 12.5. The van der Waals surface area contributed by atoms with E-state index in [4.69, 9.17) is 11.6 Å². The van der Waals surface area contributed by atoms with Crippen molar-refractivity contribution >= 4 is 27.3 Å². The van der Waals surface area contributed by atoms with Gasteiger partial charge in [-0.1, -0.05) is 42.8 Å². The van der Waals surface area contributed by atoms with Crippen LogP contribution in [0.25, 0.3) is 0 Å². The molecule has 0 bridgehead atoms. The third-order valence-electron chi connectivity index (χ3n) is 3.60. The summed E-state index contributed by atoms with van der Waals surface area (Å²) < 4.78 is 22.8. The number of nitrogens with one attached hydrogen (secondary N) is 1. The normalized spacial score (nSPS) is 12.6. The molecule has 0 aliphatic carbocycles. The van der Waals surface area contributed by atoms with Gasteiger partial charge in [0.15, 0.2) is 9.84 Å². The first-order chi connectivity index (χ1) is 11.3. The predicted molar refractivity (Wildman–Crippen MR) is 96.9 cm³/mol. The first-order valence-corrected chi connectivity index (χ1v) is 10.1. The second-order valence-electron chi connectivity index (χ2n) is 5.76. The second kappa shape index (κ2) is 7.81. The Labute approximate surface area is 147 Å². The molecule has 0 saturated carbocycles. The molecule has 0 spiro atoms. The summed E-state index contributed by atoms with van der Waals surface area (Å²) in [5, 5.41) is 3.62. The smallest absolute Gasteiger partial charge is 0.251 e. The van der Waals surface area contributed by atoms with E-state index in [1.807, 2.05) is 19.1 Å². The van der Waals surface area contributed by atoms with E-state index in [2.05, 4.69) is 5.32 Å². The zero-order valence-electron chi connectivity index (χ0n) is 13.6. The predicted octanol–water partition coefficient (Wildman–Crippen LogP) is 3.77. The fourth-order valence-corrected chi connectivity index (χ4v) is 3.37. The summed E-state index contributed by atoms with van der Waals surface area (Å²) in [5.74, 6) is -0.310. The van der Waals surface area contributed by atoms with Crippen molar-refractivity contribution in [2.45, 2.75) is 25.1 Å². The quantitative estimate of drug-likeness (QED) is 0.847. The summed E-state index contributed by atoms with van der Waals surface area (Å²) in [7, 11) is -3.14. The van der Waals surface area contributed by atoms with Gasteiger partial charge in [0.05, 0.1) is 11.8 Å². The molecule has 0 fully saturated rings. The first-order valence-electron chi connectivity index (χ1n) is 7.61. The lowest BCUT2D eigenvalue weighted by atomic mass is 10.0. The highest BCUT2D eigenvalue weighted by molar-refractivity contribution is 7.89. The maximum atomic E-state index is 12.5. The van der Waals surface area contributed by atoms with Crippen LogP contribution in [-0.2, 0) is 15.6 Å². The lowest BCUT2D eigenvalue weighted by Gasteiger charge is -2.18. The Balaban J connectivity index is 2.16. The van der Waals surface area contributed by atoms with Gasteiger partial charge in [-0.05, 0) is 41.8 Å². The zero-order chi connectivity index (χ0) is 17.7. The van der Waals surface area contributed by atoms with Crippen molar-refractivity contribution in [2.75, 3.05) is 6.26 Å². The standard InChI is InChI=1S/C18H20ClNO3S/c1-3-17(14-7-9-16(19)10-8-14)20-18(21)15-6-4-5-13(11-15)12-24(2,22)23/h4-11,17H,3,12H2,1-2H3,(H,20,21)/t17-/m0/s1. The van der Waals surface area contributed by atoms with Crippen LogP contribution in [-0.4, -0.2) is 20.6 Å². The Morgan fingerprint density at radius 3 is 2.42 bits per heavy atom. The van der Waals surface area contributed by atoms with E-state index in [0.29, 0.717) is 16.1 Å². The Morgan fingerprint density at radius 1 is 1.17 bits per heavy atom. The molecule has 2 aromatic carbocycles. The topological polar surface area (TPSA) is 63.2 Å². The molecule has 0 saturated heterocycles. The molecule has 2 aromatic rings. The van der Waals surface area contributed by atoms with Gasteiger partial charge in [0.2, 0.25) is 0 Å². The molecule has 0 radical (unpaired) electrons. The molecule has 128 valence electrons. The molecule has 0 heterocycles. The minimum absolute atomic E-state index is 0.0808. The highest BCUT2D eigenvalue weighted by atomic mass is 35.5. The van der Waals surface area contributed by atoms with Crippen LogP contribution in [0.5, 0.6) is 0 Å². The number of rotatable bonds is 6. The summed E-state index contributed by atoms with van der Waals surface area (Å²) in [6.07, 6.45) is 1.91. The van der Waals surface area contributed by atoms with Crippen molar-refractivity contribution in [1.82, 2.24) is 5.32 Å². The minimum Gasteiger partial charge on any atom is -0.345 e. The molecule has 0 aliphatic rings. The molecule has 1 amide bonds. The maximum Gasteiger partial charge on any atom is 0.251 e. The summed E-state index contributed by atoms with van der Waals surface area (Å²) in [6.45, 7) is 1.99. The summed E-state index contributed by atoms with van der Waals surface area (Å²) in [5.41, 5.74) is 2.02. The van der Waals surface area contributed by atoms with Crippen molar-refractivity contribution in [3.8, 4) is 0 Å². The molecule has 1 atom stereocenters. The second-order valence-corrected chi connectivity index (χ2v) is 8.33. The van der Waals surface area contributed by atoms with Crippen LogP contribution in [0.15, 0.2) is 48.5 Å². The molecule has 2 rings (SSSR count). The van der Waals surface area contributed by atoms with Gasteiger partial charge in [-0.3, -0.25) is 4.79 Å². The number of benzene rings is 2. The Hall–Kier alpha value is -1.85. The Bertz CT molecular complexity index is 816. The lowest BCUT2D eigenvalue weighted by Crippen LogP contribution is -2.28. The third-order valence-corrected chi connectivity index (χ3v) is 4.71. The highest BCUT2D eigenvalue weighted by Gasteiger charge is 2.15. The average Bonchev–Trinajstić information content (AvgIpc) is 2.52. The fraction of sp³-hybridized carbons (Fsp3) is 0.278. The fourth-order valence-electron chi connectivity index (χ4n) is 2.46. The van der Waals surface area contributed by atoms with E-state index in [1.54, 1.807) is 36.4 Å². The van der Waals surface area contributed by atoms with Crippen LogP contribution in [0.1, 0.15) is 40.9 Å². The van der Waals surface area contributed by atoms with Crippen LogP contribution >= 0.6 is 11.6 Å². The van der Waals surface area contributed by atoms with E-state index in [0.717, 1.165) is 12.0 Å². The molecular weight excluding hydrogens is 346 g/mol. The van der Waals surface area contributed by atoms with Crippen LogP contribution in [0.3, 0.4) is 0 Å². The molecule has 24 heavy (non-hydrogen) atoms. The number of hydrogen-bond acceptors (Lipinski definition) is 3. The number of amides is 1. The largest absolute Gasteiger partial charge is 0.345 e. The van der Waals surface area contributed by atoms with E-state index in [-0.39, 0.29) is 17.7 Å². The van der Waals surface area contributed by atoms with E-state index < -0.39 is 9.84 Å². The third kappa shape index (κ3) is 5.35.